The van der Waals surface area contributed by atoms with Crippen molar-refractivity contribution in [2.45, 2.75) is 32.1 Å². The van der Waals surface area contributed by atoms with Crippen molar-refractivity contribution in [3.05, 3.63) is 35.9 Å². The molecule has 1 amide bonds. The lowest BCUT2D eigenvalue weighted by atomic mass is 10.2. The maximum atomic E-state index is 11.9. The van der Waals surface area contributed by atoms with Crippen molar-refractivity contribution in [1.29, 1.82) is 0 Å². The molecule has 1 aromatic carbocycles. The lowest BCUT2D eigenvalue weighted by Crippen LogP contribution is -2.38. The molecule has 1 aromatic rings. The van der Waals surface area contributed by atoms with Gasteiger partial charge in [0.25, 0.3) is 0 Å². The number of carbonyl (C=O) groups excluding carboxylic acids is 1. The molecule has 0 aliphatic heterocycles. The molecule has 0 radical (unpaired) electrons. The number of nitrogens with one attached hydrogen (secondary N) is 2. The summed E-state index contributed by atoms with van der Waals surface area (Å²) < 4.78 is 23.0. The molecule has 0 spiro atoms. The monoisotopic (exact) mass is 312 g/mol. The molecule has 0 heterocycles. The first-order valence-electron chi connectivity index (χ1n) is 6.96. The molecule has 6 heteroatoms. The minimum Gasteiger partial charge on any atom is -0.351 e. The van der Waals surface area contributed by atoms with E-state index >= 15 is 0 Å². The topological polar surface area (TPSA) is 75.3 Å². The molecule has 0 fully saturated rings. The third-order valence-corrected chi connectivity index (χ3v) is 5.71. The van der Waals surface area contributed by atoms with Crippen molar-refractivity contribution in [3.8, 4) is 0 Å². The van der Waals surface area contributed by atoms with Gasteiger partial charge in [-0.25, -0.2) is 8.42 Å². The SMILES string of the molecule is CC(C)(C)S(=O)(=O)CCNCC(=O)NCc1ccccc1. The van der Waals surface area contributed by atoms with Gasteiger partial charge in [-0.05, 0) is 26.3 Å². The molecule has 0 saturated carbocycles. The zero-order valence-corrected chi connectivity index (χ0v) is 13.7. The Bertz CT molecular complexity index is 548. The minimum atomic E-state index is -3.15. The third-order valence-electron chi connectivity index (χ3n) is 3.10. The van der Waals surface area contributed by atoms with Gasteiger partial charge in [-0.2, -0.15) is 0 Å². The summed E-state index contributed by atoms with van der Waals surface area (Å²) in [6.45, 7) is 5.89. The second-order valence-electron chi connectivity index (χ2n) is 5.87. The van der Waals surface area contributed by atoms with E-state index in [0.29, 0.717) is 6.54 Å². The average molecular weight is 312 g/mol. The van der Waals surface area contributed by atoms with E-state index in [1.807, 2.05) is 30.3 Å². The van der Waals surface area contributed by atoms with Crippen LogP contribution in [0.1, 0.15) is 26.3 Å². The van der Waals surface area contributed by atoms with Crippen LogP contribution in [0.3, 0.4) is 0 Å². The predicted octanol–water partition coefficient (Wildman–Crippen LogP) is 1.11. The Balaban J connectivity index is 2.23. The van der Waals surface area contributed by atoms with Crippen molar-refractivity contribution < 1.29 is 13.2 Å². The van der Waals surface area contributed by atoms with Gasteiger partial charge >= 0.3 is 0 Å². The second kappa shape index (κ2) is 7.56. The molecule has 0 aromatic heterocycles. The van der Waals surface area contributed by atoms with Gasteiger partial charge in [0.05, 0.1) is 17.0 Å². The molecule has 2 N–H and O–H groups in total. The number of carbonyl (C=O) groups is 1. The molecule has 118 valence electrons. The van der Waals surface area contributed by atoms with Crippen LogP contribution in [0.5, 0.6) is 0 Å². The molecule has 21 heavy (non-hydrogen) atoms. The number of rotatable bonds is 7. The maximum absolute atomic E-state index is 11.9. The highest BCUT2D eigenvalue weighted by molar-refractivity contribution is 7.92. The van der Waals surface area contributed by atoms with Gasteiger partial charge in [0, 0.05) is 13.1 Å². The van der Waals surface area contributed by atoms with Crippen LogP contribution in [-0.2, 0) is 21.2 Å². The Morgan fingerprint density at radius 2 is 1.76 bits per heavy atom. The van der Waals surface area contributed by atoms with Crippen LogP contribution in [0, 0.1) is 0 Å². The van der Waals surface area contributed by atoms with Crippen LogP contribution in [0.2, 0.25) is 0 Å². The first-order chi connectivity index (χ1) is 9.72. The normalized spacial score (nSPS) is 12.1. The second-order valence-corrected chi connectivity index (χ2v) is 8.73. The molecule has 1 rings (SSSR count). The van der Waals surface area contributed by atoms with Gasteiger partial charge in [0.15, 0.2) is 9.84 Å². The standard InChI is InChI=1S/C15H24N2O3S/c1-15(2,3)21(19,20)10-9-16-12-14(18)17-11-13-7-5-4-6-8-13/h4-8,16H,9-12H2,1-3H3,(H,17,18). The molecular weight excluding hydrogens is 288 g/mol. The molecule has 0 bridgehead atoms. The maximum Gasteiger partial charge on any atom is 0.234 e. The van der Waals surface area contributed by atoms with Crippen molar-refractivity contribution >= 4 is 15.7 Å². The predicted molar refractivity (Wildman–Crippen MR) is 84.7 cm³/mol. The van der Waals surface area contributed by atoms with Gasteiger partial charge in [-0.3, -0.25) is 4.79 Å². The summed E-state index contributed by atoms with van der Waals surface area (Å²) in [6, 6.07) is 9.62. The van der Waals surface area contributed by atoms with Crippen molar-refractivity contribution in [3.63, 3.8) is 0 Å². The minimum absolute atomic E-state index is 0.0302. The van der Waals surface area contributed by atoms with E-state index in [1.165, 1.54) is 0 Å². The summed E-state index contributed by atoms with van der Waals surface area (Å²) in [4.78, 5) is 11.6. The Morgan fingerprint density at radius 1 is 1.14 bits per heavy atom. The van der Waals surface area contributed by atoms with Crippen LogP contribution < -0.4 is 10.6 Å². The number of benzene rings is 1. The molecule has 0 aliphatic carbocycles. The molecule has 0 saturated heterocycles. The Labute approximate surface area is 127 Å². The average Bonchev–Trinajstić information content (AvgIpc) is 2.41. The Hall–Kier alpha value is -1.40. The van der Waals surface area contributed by atoms with Gasteiger partial charge in [-0.1, -0.05) is 30.3 Å². The van der Waals surface area contributed by atoms with Crippen LogP contribution >= 0.6 is 0 Å². The van der Waals surface area contributed by atoms with Crippen LogP contribution in [0.4, 0.5) is 0 Å². The largest absolute Gasteiger partial charge is 0.351 e. The molecule has 0 atom stereocenters. The fraction of sp³-hybridized carbons (Fsp3) is 0.533. The van der Waals surface area contributed by atoms with E-state index in [0.717, 1.165) is 5.56 Å². The van der Waals surface area contributed by atoms with Gasteiger partial charge in [0.2, 0.25) is 5.91 Å². The fourth-order valence-corrected chi connectivity index (χ4v) is 2.60. The highest BCUT2D eigenvalue weighted by Gasteiger charge is 2.28. The summed E-state index contributed by atoms with van der Waals surface area (Å²) in [5, 5.41) is 5.63. The molecule has 0 aliphatic rings. The van der Waals surface area contributed by atoms with Crippen LogP contribution in [0.15, 0.2) is 30.3 Å². The highest BCUT2D eigenvalue weighted by atomic mass is 32.2. The number of hydrogen-bond donors (Lipinski definition) is 2. The lowest BCUT2D eigenvalue weighted by Gasteiger charge is -2.19. The molecule has 0 unspecified atom stereocenters. The summed E-state index contributed by atoms with van der Waals surface area (Å²) in [5.74, 6) is -0.116. The smallest absolute Gasteiger partial charge is 0.234 e. The lowest BCUT2D eigenvalue weighted by molar-refractivity contribution is -0.120. The first kappa shape index (κ1) is 17.7. The third kappa shape index (κ3) is 6.27. The summed E-state index contributed by atoms with van der Waals surface area (Å²) in [5.41, 5.74) is 1.03. The van der Waals surface area contributed by atoms with Gasteiger partial charge in [-0.15, -0.1) is 0 Å². The van der Waals surface area contributed by atoms with Crippen LogP contribution in [0.25, 0.3) is 0 Å². The number of hydrogen-bond acceptors (Lipinski definition) is 4. The zero-order chi connectivity index (χ0) is 15.9. The van der Waals surface area contributed by atoms with E-state index in [9.17, 15) is 13.2 Å². The Morgan fingerprint density at radius 3 is 2.33 bits per heavy atom. The summed E-state index contributed by atoms with van der Waals surface area (Å²) in [6.07, 6.45) is 0. The summed E-state index contributed by atoms with van der Waals surface area (Å²) in [7, 11) is -3.15. The van der Waals surface area contributed by atoms with E-state index in [-0.39, 0.29) is 24.7 Å². The van der Waals surface area contributed by atoms with E-state index in [2.05, 4.69) is 10.6 Å². The van der Waals surface area contributed by atoms with Gasteiger partial charge < -0.3 is 10.6 Å². The zero-order valence-electron chi connectivity index (χ0n) is 12.8. The van der Waals surface area contributed by atoms with E-state index in [1.54, 1.807) is 20.8 Å². The fourth-order valence-electron chi connectivity index (χ4n) is 1.57. The summed E-state index contributed by atoms with van der Waals surface area (Å²) >= 11 is 0. The number of sulfone groups is 1. The molecule has 5 nitrogen and oxygen atoms in total. The van der Waals surface area contributed by atoms with Crippen molar-refractivity contribution in [2.24, 2.45) is 0 Å². The van der Waals surface area contributed by atoms with E-state index in [4.69, 9.17) is 0 Å². The first-order valence-corrected chi connectivity index (χ1v) is 8.61. The van der Waals surface area contributed by atoms with Gasteiger partial charge in [0.1, 0.15) is 0 Å². The highest BCUT2D eigenvalue weighted by Crippen LogP contribution is 2.15. The van der Waals surface area contributed by atoms with Crippen molar-refractivity contribution in [1.82, 2.24) is 10.6 Å². The van der Waals surface area contributed by atoms with Crippen LogP contribution in [-0.4, -0.2) is 37.9 Å². The quantitative estimate of drug-likeness (QED) is 0.740. The van der Waals surface area contributed by atoms with Crippen molar-refractivity contribution in [2.75, 3.05) is 18.8 Å². The van der Waals surface area contributed by atoms with E-state index < -0.39 is 14.6 Å². The number of amides is 1. The Kier molecular flexibility index (Phi) is 6.36. The molecular formula is C15H24N2O3S.